The fraction of sp³-hybridized carbons (Fsp3) is 0.750. The smallest absolute Gasteiger partial charge is 0.305 e. The summed E-state index contributed by atoms with van der Waals surface area (Å²) < 4.78 is 42.0. The van der Waals surface area contributed by atoms with Gasteiger partial charge in [-0.2, -0.15) is 0 Å². The summed E-state index contributed by atoms with van der Waals surface area (Å²) in [6, 6.07) is 7.44. The number of methoxy groups -OCH3 is 1. The van der Waals surface area contributed by atoms with Gasteiger partial charge in [-0.05, 0) is 78.6 Å². The minimum atomic E-state index is -2.34. The second kappa shape index (κ2) is 13.0. The Hall–Kier alpha value is -0.873. The van der Waals surface area contributed by atoms with Crippen molar-refractivity contribution in [1.29, 1.82) is 0 Å². The van der Waals surface area contributed by atoms with E-state index in [2.05, 4.69) is 38.6 Å². The van der Waals surface area contributed by atoms with Crippen LogP contribution in [0.25, 0.3) is 0 Å². The van der Waals surface area contributed by atoms with Crippen LogP contribution in [0.4, 0.5) is 0 Å². The predicted molar refractivity (Wildman–Crippen MR) is 160 cm³/mol. The van der Waals surface area contributed by atoms with E-state index in [0.717, 1.165) is 11.1 Å². The van der Waals surface area contributed by atoms with Gasteiger partial charge in [0, 0.05) is 22.0 Å². The SMILES string of the molecule is COC(=O)CC[C@H](O[Si](C)(C)C(C)(C)C)C(N[S@@](=O)C(C)(C)C)C(c1cccc(C)c1)[S@@](=O)C(C)(C)C. The van der Waals surface area contributed by atoms with Crippen LogP contribution in [0.2, 0.25) is 18.1 Å². The molecule has 2 unspecified atom stereocenters. The summed E-state index contributed by atoms with van der Waals surface area (Å²) in [4.78, 5) is 12.3. The quantitative estimate of drug-likeness (QED) is 0.246. The molecule has 0 spiro atoms. The molecular formula is C28H51NO5S2Si. The third-order valence-corrected chi connectivity index (χ3v) is 15.2. The second-order valence-corrected chi connectivity index (χ2v) is 22.4. The van der Waals surface area contributed by atoms with Gasteiger partial charge in [0.1, 0.15) is 0 Å². The fourth-order valence-corrected chi connectivity index (χ4v) is 7.57. The normalized spacial score (nSPS) is 17.5. The van der Waals surface area contributed by atoms with Crippen LogP contribution in [0.1, 0.15) is 91.5 Å². The van der Waals surface area contributed by atoms with E-state index >= 15 is 0 Å². The fourth-order valence-electron chi connectivity index (χ4n) is 3.55. The maximum atomic E-state index is 14.2. The second-order valence-electron chi connectivity index (χ2n) is 13.3. The Labute approximate surface area is 232 Å². The Morgan fingerprint density at radius 1 is 1.00 bits per heavy atom. The monoisotopic (exact) mass is 573 g/mol. The van der Waals surface area contributed by atoms with Gasteiger partial charge in [-0.25, -0.2) is 8.93 Å². The number of carbonyl (C=O) groups is 1. The third kappa shape index (κ3) is 9.99. The molecule has 0 aliphatic rings. The highest BCUT2D eigenvalue weighted by molar-refractivity contribution is 7.87. The van der Waals surface area contributed by atoms with E-state index in [-0.39, 0.29) is 17.4 Å². The summed E-state index contributed by atoms with van der Waals surface area (Å²) in [7, 11) is -3.80. The molecule has 0 aliphatic carbocycles. The van der Waals surface area contributed by atoms with Crippen molar-refractivity contribution in [2.24, 2.45) is 0 Å². The summed E-state index contributed by atoms with van der Waals surface area (Å²) in [5, 5.41) is -0.606. The number of aryl methyl sites for hydroxylation is 1. The van der Waals surface area contributed by atoms with Crippen LogP contribution in [0.5, 0.6) is 0 Å². The van der Waals surface area contributed by atoms with Gasteiger partial charge in [-0.15, -0.1) is 0 Å². The highest BCUT2D eigenvalue weighted by Gasteiger charge is 2.46. The molecule has 0 saturated carbocycles. The zero-order chi connectivity index (χ0) is 29.0. The molecule has 1 N–H and O–H groups in total. The highest BCUT2D eigenvalue weighted by atomic mass is 32.2. The highest BCUT2D eigenvalue weighted by Crippen LogP contribution is 2.41. The first-order valence-electron chi connectivity index (χ1n) is 13.0. The number of hydrogen-bond donors (Lipinski definition) is 1. The minimum Gasteiger partial charge on any atom is -0.469 e. The van der Waals surface area contributed by atoms with Crippen molar-refractivity contribution >= 4 is 36.1 Å². The van der Waals surface area contributed by atoms with Gasteiger partial charge in [-0.3, -0.25) is 9.00 Å². The molecule has 0 heterocycles. The summed E-state index contributed by atoms with van der Waals surface area (Å²) >= 11 is 0. The summed E-state index contributed by atoms with van der Waals surface area (Å²) in [5.74, 6) is -0.330. The van der Waals surface area contributed by atoms with E-state index in [4.69, 9.17) is 9.16 Å². The molecule has 1 rings (SSSR count). The molecule has 9 heteroatoms. The van der Waals surface area contributed by atoms with Gasteiger partial charge in [0.15, 0.2) is 8.32 Å². The molecule has 0 aliphatic heterocycles. The van der Waals surface area contributed by atoms with Gasteiger partial charge < -0.3 is 9.16 Å². The average molecular weight is 574 g/mol. The Bertz CT molecular complexity index is 961. The third-order valence-electron chi connectivity index (χ3n) is 6.84. The summed E-state index contributed by atoms with van der Waals surface area (Å²) in [6.45, 7) is 24.4. The van der Waals surface area contributed by atoms with E-state index < -0.39 is 57.0 Å². The van der Waals surface area contributed by atoms with Crippen LogP contribution in [0, 0.1) is 6.92 Å². The zero-order valence-corrected chi connectivity index (χ0v) is 27.9. The van der Waals surface area contributed by atoms with E-state index in [1.165, 1.54) is 7.11 Å². The lowest BCUT2D eigenvalue weighted by Crippen LogP contribution is -2.56. The number of carbonyl (C=O) groups excluding carboxylic acids is 1. The number of ether oxygens (including phenoxy) is 1. The largest absolute Gasteiger partial charge is 0.469 e. The van der Waals surface area contributed by atoms with Crippen molar-refractivity contribution in [2.45, 2.75) is 127 Å². The molecule has 0 fully saturated rings. The molecule has 0 amide bonds. The molecule has 37 heavy (non-hydrogen) atoms. The molecule has 0 aromatic heterocycles. The van der Waals surface area contributed by atoms with Crippen molar-refractivity contribution in [3.63, 3.8) is 0 Å². The van der Waals surface area contributed by atoms with Crippen molar-refractivity contribution in [3.8, 4) is 0 Å². The first kappa shape index (κ1) is 34.2. The van der Waals surface area contributed by atoms with Crippen LogP contribution in [-0.2, 0) is 35.7 Å². The van der Waals surface area contributed by atoms with Crippen LogP contribution in [0.15, 0.2) is 24.3 Å². The first-order valence-corrected chi connectivity index (χ1v) is 18.3. The maximum Gasteiger partial charge on any atom is 0.305 e. The summed E-state index contributed by atoms with van der Waals surface area (Å²) in [5.41, 5.74) is 1.96. The van der Waals surface area contributed by atoms with Gasteiger partial charge in [0.05, 0.1) is 40.2 Å². The number of benzene rings is 1. The molecule has 0 bridgehead atoms. The lowest BCUT2D eigenvalue weighted by molar-refractivity contribution is -0.141. The zero-order valence-electron chi connectivity index (χ0n) is 25.3. The van der Waals surface area contributed by atoms with Crippen molar-refractivity contribution in [3.05, 3.63) is 35.4 Å². The maximum absolute atomic E-state index is 14.2. The van der Waals surface area contributed by atoms with E-state index in [0.29, 0.717) is 6.42 Å². The Morgan fingerprint density at radius 2 is 1.57 bits per heavy atom. The number of hydrogen-bond acceptors (Lipinski definition) is 5. The molecule has 0 radical (unpaired) electrons. The van der Waals surface area contributed by atoms with Gasteiger partial charge in [0.25, 0.3) is 0 Å². The van der Waals surface area contributed by atoms with Crippen LogP contribution in [-0.4, -0.2) is 51.5 Å². The van der Waals surface area contributed by atoms with Crippen LogP contribution in [0.3, 0.4) is 0 Å². The molecular weight excluding hydrogens is 523 g/mol. The topological polar surface area (TPSA) is 81.7 Å². The lowest BCUT2D eigenvalue weighted by Gasteiger charge is -2.44. The lowest BCUT2D eigenvalue weighted by atomic mass is 9.97. The van der Waals surface area contributed by atoms with Gasteiger partial charge in [0.2, 0.25) is 0 Å². The molecule has 0 saturated heterocycles. The van der Waals surface area contributed by atoms with E-state index in [1.807, 2.05) is 72.7 Å². The predicted octanol–water partition coefficient (Wildman–Crippen LogP) is 6.35. The van der Waals surface area contributed by atoms with Gasteiger partial charge >= 0.3 is 5.97 Å². The van der Waals surface area contributed by atoms with Crippen molar-refractivity contribution in [1.82, 2.24) is 4.72 Å². The number of nitrogens with one attached hydrogen (secondary N) is 1. The van der Waals surface area contributed by atoms with Gasteiger partial charge in [-0.1, -0.05) is 50.6 Å². The minimum absolute atomic E-state index is 0.0910. The van der Waals surface area contributed by atoms with Crippen molar-refractivity contribution in [2.75, 3.05) is 7.11 Å². The molecule has 6 nitrogen and oxygen atoms in total. The molecule has 1 aromatic carbocycles. The first-order chi connectivity index (χ1) is 16.6. The molecule has 5 atom stereocenters. The number of esters is 1. The van der Waals surface area contributed by atoms with E-state index in [1.54, 1.807) is 0 Å². The molecule has 1 aromatic rings. The Kier molecular flexibility index (Phi) is 12.0. The average Bonchev–Trinajstić information content (AvgIpc) is 2.73. The van der Waals surface area contributed by atoms with Crippen LogP contribution < -0.4 is 4.72 Å². The van der Waals surface area contributed by atoms with Crippen molar-refractivity contribution < 1.29 is 22.4 Å². The van der Waals surface area contributed by atoms with Crippen LogP contribution >= 0.6 is 0 Å². The summed E-state index contributed by atoms with van der Waals surface area (Å²) in [6.07, 6.45) is 0.00353. The number of rotatable bonds is 11. The van der Waals surface area contributed by atoms with E-state index in [9.17, 15) is 13.2 Å². The Balaban J connectivity index is 3.86. The standard InChI is InChI=1S/C28H51NO5S2Si/c1-20-15-14-16-21(19-20)25(35(31)26(2,3)4)24(29-36(32)27(5,6)7)22(17-18-23(30)33-11)34-37(12,13)28(8,9)10/h14-16,19,22,24-25,29H,17-18H2,1-13H3/t22-,24?,25?,35+,36-/m0/s1. The Morgan fingerprint density at radius 3 is 2.00 bits per heavy atom. The molecule has 214 valence electrons.